The third-order valence-corrected chi connectivity index (χ3v) is 1.95. The Kier molecular flexibility index (Phi) is 5.59. The van der Waals surface area contributed by atoms with E-state index in [1.165, 1.54) is 17.8 Å². The summed E-state index contributed by atoms with van der Waals surface area (Å²) in [5, 5.41) is 9.13. The van der Waals surface area contributed by atoms with Crippen LogP contribution in [0.3, 0.4) is 0 Å². The Morgan fingerprint density at radius 3 is 2.55 bits per heavy atom. The third-order valence-electron chi connectivity index (χ3n) is 1.18. The van der Waals surface area contributed by atoms with Gasteiger partial charge in [0, 0.05) is 49.0 Å². The van der Waals surface area contributed by atoms with E-state index >= 15 is 0 Å². The summed E-state index contributed by atoms with van der Waals surface area (Å²) in [4.78, 5) is 0.757. The monoisotopic (exact) mass is 381 g/mol. The zero-order valence-electron chi connectivity index (χ0n) is 6.16. The van der Waals surface area contributed by atoms with E-state index in [1.54, 1.807) is 12.1 Å². The Balaban J connectivity index is 0.000001000. The molecular weight excluding hydrogens is 373 g/mol. The van der Waals surface area contributed by atoms with Crippen molar-refractivity contribution in [1.29, 1.82) is 0 Å². The molecule has 0 aliphatic carbocycles. The van der Waals surface area contributed by atoms with E-state index in [9.17, 15) is 0 Å². The first-order chi connectivity index (χ1) is 4.74. The molecule has 0 saturated carbocycles. The SMILES string of the molecule is CSc1cc([NH-])ccc1O.[Ac]. The quantitative estimate of drug-likeness (QED) is 0.601. The van der Waals surface area contributed by atoms with E-state index in [4.69, 9.17) is 10.8 Å². The van der Waals surface area contributed by atoms with Gasteiger partial charge in [0.15, 0.2) is 0 Å². The predicted molar refractivity (Wildman–Crippen MR) is 43.9 cm³/mol. The van der Waals surface area contributed by atoms with Crippen LogP contribution in [-0.4, -0.2) is 11.4 Å². The van der Waals surface area contributed by atoms with Crippen molar-refractivity contribution in [2.45, 2.75) is 4.90 Å². The first-order valence-corrected chi connectivity index (χ1v) is 4.05. The molecule has 0 fully saturated rings. The molecule has 0 aliphatic heterocycles. The first-order valence-electron chi connectivity index (χ1n) is 2.82. The second-order valence-corrected chi connectivity index (χ2v) is 2.73. The molecule has 0 aromatic heterocycles. The maximum absolute atomic E-state index is 9.13. The van der Waals surface area contributed by atoms with E-state index in [1.807, 2.05) is 6.26 Å². The van der Waals surface area contributed by atoms with Crippen LogP contribution in [0.2, 0.25) is 0 Å². The van der Waals surface area contributed by atoms with Crippen LogP contribution in [-0.2, 0) is 0 Å². The molecule has 0 unspecified atom stereocenters. The van der Waals surface area contributed by atoms with Crippen molar-refractivity contribution in [3.05, 3.63) is 23.9 Å². The number of phenolic OH excluding ortho intramolecular Hbond substituents is 1. The number of thioether (sulfide) groups is 1. The number of rotatable bonds is 1. The van der Waals surface area contributed by atoms with Crippen molar-refractivity contribution in [3.8, 4) is 5.75 Å². The van der Waals surface area contributed by atoms with Crippen molar-refractivity contribution < 1.29 is 49.2 Å². The molecule has 2 N–H and O–H groups in total. The second-order valence-electron chi connectivity index (χ2n) is 1.89. The van der Waals surface area contributed by atoms with Crippen LogP contribution in [0.1, 0.15) is 0 Å². The Hall–Kier alpha value is 0.612. The van der Waals surface area contributed by atoms with Gasteiger partial charge in [-0.25, -0.2) is 0 Å². The maximum atomic E-state index is 9.13. The Labute approximate surface area is 106 Å². The number of nitrogens with one attached hydrogen (secondary N) is 1. The third kappa shape index (κ3) is 3.23. The number of aromatic hydroxyl groups is 1. The fourth-order valence-electron chi connectivity index (χ4n) is 0.678. The summed E-state index contributed by atoms with van der Waals surface area (Å²) in [6, 6.07) is 4.74. The van der Waals surface area contributed by atoms with Gasteiger partial charge in [-0.05, 0) is 12.3 Å². The number of hydrogen-bond donors (Lipinski definition) is 1. The van der Waals surface area contributed by atoms with Crippen LogP contribution in [0.15, 0.2) is 23.1 Å². The van der Waals surface area contributed by atoms with Crippen molar-refractivity contribution in [1.82, 2.24) is 0 Å². The fourth-order valence-corrected chi connectivity index (χ4v) is 1.20. The molecule has 1 aromatic carbocycles. The standard InChI is InChI=1S/C7H8NOS.Ac/c1-10-7-4-5(8)2-3-6(7)9;/h2-4,8-9H,1H3;/q-1;. The molecule has 0 saturated heterocycles. The molecule has 2 nitrogen and oxygen atoms in total. The van der Waals surface area contributed by atoms with E-state index in [-0.39, 0.29) is 49.8 Å². The van der Waals surface area contributed by atoms with Crippen LogP contribution in [0.25, 0.3) is 5.73 Å². The normalized spacial score (nSPS) is 8.82. The number of benzene rings is 1. The molecule has 1 radical (unpaired) electrons. The summed E-state index contributed by atoms with van der Waals surface area (Å²) in [5.74, 6) is 0.253. The summed E-state index contributed by atoms with van der Waals surface area (Å²) in [5.41, 5.74) is 7.64. The summed E-state index contributed by atoms with van der Waals surface area (Å²) in [7, 11) is 0. The van der Waals surface area contributed by atoms with E-state index in [0.29, 0.717) is 5.69 Å². The van der Waals surface area contributed by atoms with E-state index in [2.05, 4.69) is 0 Å². The molecule has 4 heteroatoms. The van der Waals surface area contributed by atoms with Crippen LogP contribution in [0.5, 0.6) is 5.75 Å². The summed E-state index contributed by atoms with van der Waals surface area (Å²) in [6.45, 7) is 0. The molecule has 0 aliphatic rings. The van der Waals surface area contributed by atoms with E-state index in [0.717, 1.165) is 4.90 Å². The summed E-state index contributed by atoms with van der Waals surface area (Å²) < 4.78 is 0. The number of hydrogen-bond acceptors (Lipinski definition) is 2. The van der Waals surface area contributed by atoms with Crippen molar-refractivity contribution in [2.75, 3.05) is 6.26 Å². The Bertz CT molecular complexity index is 242. The molecule has 0 bridgehead atoms. The van der Waals surface area contributed by atoms with Gasteiger partial charge in [-0.2, -0.15) is 0 Å². The largest absolute Gasteiger partial charge is 0.699 e. The summed E-state index contributed by atoms with van der Waals surface area (Å²) in [6.07, 6.45) is 1.87. The van der Waals surface area contributed by atoms with Crippen LogP contribution >= 0.6 is 11.8 Å². The van der Waals surface area contributed by atoms with Crippen molar-refractivity contribution >= 4 is 17.4 Å². The van der Waals surface area contributed by atoms with Gasteiger partial charge >= 0.3 is 0 Å². The average Bonchev–Trinajstić information content (AvgIpc) is 1.94. The molecule has 57 valence electrons. The van der Waals surface area contributed by atoms with Gasteiger partial charge in [0.2, 0.25) is 0 Å². The minimum absolute atomic E-state index is 0. The Morgan fingerprint density at radius 1 is 1.45 bits per heavy atom. The van der Waals surface area contributed by atoms with Gasteiger partial charge in [0.25, 0.3) is 0 Å². The molecule has 0 atom stereocenters. The second kappa shape index (κ2) is 5.29. The minimum Gasteiger partial charge on any atom is -0.699 e. The van der Waals surface area contributed by atoms with Gasteiger partial charge in [-0.3, -0.25) is 0 Å². The van der Waals surface area contributed by atoms with Crippen LogP contribution < -0.4 is 0 Å². The van der Waals surface area contributed by atoms with Gasteiger partial charge in [-0.15, -0.1) is 17.4 Å². The zero-order valence-corrected chi connectivity index (χ0v) is 11.7. The smallest absolute Gasteiger partial charge is 0.129 e. The molecule has 1 aromatic rings. The van der Waals surface area contributed by atoms with Crippen molar-refractivity contribution in [2.24, 2.45) is 0 Å². The average molecular weight is 381 g/mol. The fraction of sp³-hybridized carbons (Fsp3) is 0.143. The molecule has 1 rings (SSSR count). The van der Waals surface area contributed by atoms with Gasteiger partial charge in [0.05, 0.1) is 0 Å². The van der Waals surface area contributed by atoms with Gasteiger partial charge in [0.1, 0.15) is 5.75 Å². The topological polar surface area (TPSA) is 44.0 Å². The van der Waals surface area contributed by atoms with Crippen LogP contribution in [0, 0.1) is 44.1 Å². The molecule has 0 heterocycles. The minimum atomic E-state index is 0. The maximum Gasteiger partial charge on any atom is 0.129 e. The van der Waals surface area contributed by atoms with Gasteiger partial charge in [-0.1, -0.05) is 12.1 Å². The first kappa shape index (κ1) is 11.6. The predicted octanol–water partition coefficient (Wildman–Crippen LogP) is 2.80. The molecule has 0 spiro atoms. The molecular formula is C7H8AcNOS-. The molecule has 11 heavy (non-hydrogen) atoms. The van der Waals surface area contributed by atoms with Crippen molar-refractivity contribution in [3.63, 3.8) is 0 Å². The van der Waals surface area contributed by atoms with Gasteiger partial charge < -0.3 is 10.8 Å². The molecule has 0 amide bonds. The summed E-state index contributed by atoms with van der Waals surface area (Å²) >= 11 is 1.44. The zero-order chi connectivity index (χ0) is 7.56. The number of phenols is 1. The van der Waals surface area contributed by atoms with E-state index < -0.39 is 0 Å². The van der Waals surface area contributed by atoms with Crippen LogP contribution in [0.4, 0.5) is 5.69 Å². The Morgan fingerprint density at radius 2 is 2.09 bits per heavy atom.